The number of allylic oxidation sites excluding steroid dienone is 3. The van der Waals surface area contributed by atoms with Crippen molar-refractivity contribution in [2.45, 2.75) is 19.2 Å². The Kier molecular flexibility index (Phi) is 6.48. The number of rotatable bonds is 4. The first-order chi connectivity index (χ1) is 5.68. The van der Waals surface area contributed by atoms with E-state index in [0.29, 0.717) is 0 Å². The van der Waals surface area contributed by atoms with Crippen molar-refractivity contribution >= 4 is 17.6 Å². The summed E-state index contributed by atoms with van der Waals surface area (Å²) < 4.78 is 4.76. The lowest BCUT2D eigenvalue weighted by atomic mass is 10.4. The van der Waals surface area contributed by atoms with Crippen LogP contribution in [0, 0.1) is 0 Å². The van der Waals surface area contributed by atoms with E-state index in [1.165, 1.54) is 0 Å². The van der Waals surface area contributed by atoms with E-state index >= 15 is 0 Å². The molecule has 0 radical (unpaired) electrons. The molecule has 0 amide bonds. The molecule has 0 fully saturated rings. The number of hydrogen-bond acceptors (Lipinski definition) is 2. The van der Waals surface area contributed by atoms with Crippen molar-refractivity contribution < 1.29 is 9.53 Å². The van der Waals surface area contributed by atoms with Crippen LogP contribution in [0.5, 0.6) is 0 Å². The molecule has 0 heterocycles. The molecule has 0 spiro atoms. The zero-order chi connectivity index (χ0) is 9.40. The van der Waals surface area contributed by atoms with Crippen molar-refractivity contribution in [3.05, 3.63) is 24.3 Å². The highest BCUT2D eigenvalue weighted by atomic mass is 35.5. The molecular formula is C9H13ClO2. The summed E-state index contributed by atoms with van der Waals surface area (Å²) in [6.45, 7) is 3.77. The summed E-state index contributed by atoms with van der Waals surface area (Å²) in [6, 6.07) is 0. The minimum atomic E-state index is -0.569. The van der Waals surface area contributed by atoms with Gasteiger partial charge < -0.3 is 4.74 Å². The molecule has 0 aliphatic rings. The molecule has 0 rings (SSSR count). The Labute approximate surface area is 77.9 Å². The molecule has 12 heavy (non-hydrogen) atoms. The van der Waals surface area contributed by atoms with Gasteiger partial charge in [0.2, 0.25) is 0 Å². The SMILES string of the molecule is C/C=C\C=C/COC(=O)[C@@H](C)Cl. The molecule has 0 unspecified atom stereocenters. The molecule has 0 aliphatic carbocycles. The third-order valence-electron chi connectivity index (χ3n) is 1.09. The quantitative estimate of drug-likeness (QED) is 0.385. The zero-order valence-corrected chi connectivity index (χ0v) is 8.04. The molecule has 1 atom stereocenters. The largest absolute Gasteiger partial charge is 0.460 e. The summed E-state index contributed by atoms with van der Waals surface area (Å²) in [7, 11) is 0. The van der Waals surface area contributed by atoms with Gasteiger partial charge in [0.15, 0.2) is 0 Å². The van der Waals surface area contributed by atoms with E-state index < -0.39 is 5.38 Å². The van der Waals surface area contributed by atoms with Crippen molar-refractivity contribution in [3.63, 3.8) is 0 Å². The minimum Gasteiger partial charge on any atom is -0.460 e. The molecule has 2 nitrogen and oxygen atoms in total. The fourth-order valence-electron chi connectivity index (χ4n) is 0.490. The van der Waals surface area contributed by atoms with Gasteiger partial charge in [-0.25, -0.2) is 0 Å². The van der Waals surface area contributed by atoms with Gasteiger partial charge in [0.1, 0.15) is 12.0 Å². The fraction of sp³-hybridized carbons (Fsp3) is 0.444. The van der Waals surface area contributed by atoms with Crippen molar-refractivity contribution in [2.75, 3.05) is 6.61 Å². The highest BCUT2D eigenvalue weighted by Gasteiger charge is 2.08. The summed E-state index contributed by atoms with van der Waals surface area (Å²) in [5, 5.41) is -0.569. The van der Waals surface area contributed by atoms with Crippen LogP contribution in [0.1, 0.15) is 13.8 Å². The Morgan fingerprint density at radius 2 is 2.25 bits per heavy atom. The van der Waals surface area contributed by atoms with Crippen LogP contribution >= 0.6 is 11.6 Å². The maximum absolute atomic E-state index is 10.8. The topological polar surface area (TPSA) is 26.3 Å². The number of carbonyl (C=O) groups is 1. The van der Waals surface area contributed by atoms with Crippen LogP contribution in [0.25, 0.3) is 0 Å². The number of hydrogen-bond donors (Lipinski definition) is 0. The lowest BCUT2D eigenvalue weighted by Crippen LogP contribution is -2.14. The van der Waals surface area contributed by atoms with Gasteiger partial charge in [0, 0.05) is 0 Å². The first-order valence-electron chi connectivity index (χ1n) is 3.77. The van der Waals surface area contributed by atoms with Gasteiger partial charge in [-0.3, -0.25) is 4.79 Å². The van der Waals surface area contributed by atoms with E-state index in [4.69, 9.17) is 16.3 Å². The number of halogens is 1. The number of alkyl halides is 1. The lowest BCUT2D eigenvalue weighted by Gasteiger charge is -2.01. The monoisotopic (exact) mass is 188 g/mol. The van der Waals surface area contributed by atoms with Crippen LogP contribution in [0.4, 0.5) is 0 Å². The van der Waals surface area contributed by atoms with Gasteiger partial charge in [-0.1, -0.05) is 18.2 Å². The highest BCUT2D eigenvalue weighted by molar-refractivity contribution is 6.29. The molecule has 0 bridgehead atoms. The molecule has 0 saturated heterocycles. The van der Waals surface area contributed by atoms with Gasteiger partial charge in [0.05, 0.1) is 0 Å². The average Bonchev–Trinajstić information content (AvgIpc) is 2.03. The zero-order valence-electron chi connectivity index (χ0n) is 7.29. The molecule has 0 N–H and O–H groups in total. The van der Waals surface area contributed by atoms with E-state index in [9.17, 15) is 4.79 Å². The van der Waals surface area contributed by atoms with Crippen molar-refractivity contribution in [1.29, 1.82) is 0 Å². The lowest BCUT2D eigenvalue weighted by molar-refractivity contribution is -0.141. The second-order valence-corrected chi connectivity index (χ2v) is 2.85. The highest BCUT2D eigenvalue weighted by Crippen LogP contribution is 1.96. The Bertz CT molecular complexity index is 183. The molecular weight excluding hydrogens is 176 g/mol. The average molecular weight is 189 g/mol. The van der Waals surface area contributed by atoms with E-state index in [1.807, 2.05) is 25.2 Å². The van der Waals surface area contributed by atoms with Crippen LogP contribution in [-0.4, -0.2) is 18.0 Å². The van der Waals surface area contributed by atoms with Gasteiger partial charge in [-0.2, -0.15) is 0 Å². The Hall–Kier alpha value is -0.760. The second kappa shape index (κ2) is 6.92. The van der Waals surface area contributed by atoms with Crippen LogP contribution < -0.4 is 0 Å². The number of carbonyl (C=O) groups excluding carboxylic acids is 1. The third kappa shape index (κ3) is 5.98. The predicted molar refractivity (Wildman–Crippen MR) is 50.2 cm³/mol. The normalized spacial score (nSPS) is 13.9. The second-order valence-electron chi connectivity index (χ2n) is 2.20. The van der Waals surface area contributed by atoms with E-state index in [0.717, 1.165) is 0 Å². The Balaban J connectivity index is 3.50. The third-order valence-corrected chi connectivity index (χ3v) is 1.26. The summed E-state index contributed by atoms with van der Waals surface area (Å²) in [4.78, 5) is 10.8. The standard InChI is InChI=1S/C9H13ClO2/c1-3-4-5-6-7-12-9(11)8(2)10/h3-6,8H,7H2,1-2H3/b4-3-,6-5-/t8-/m1/s1. The smallest absolute Gasteiger partial charge is 0.324 e. The number of ether oxygens (including phenoxy) is 1. The predicted octanol–water partition coefficient (Wildman–Crippen LogP) is 2.29. The molecule has 0 aromatic heterocycles. The first kappa shape index (κ1) is 11.2. The maximum Gasteiger partial charge on any atom is 0.324 e. The fourth-order valence-corrected chi connectivity index (χ4v) is 0.553. The van der Waals surface area contributed by atoms with Crippen molar-refractivity contribution in [1.82, 2.24) is 0 Å². The van der Waals surface area contributed by atoms with E-state index in [2.05, 4.69) is 0 Å². The van der Waals surface area contributed by atoms with E-state index in [1.54, 1.807) is 13.0 Å². The van der Waals surface area contributed by atoms with Gasteiger partial charge in [0.25, 0.3) is 0 Å². The first-order valence-corrected chi connectivity index (χ1v) is 4.20. The number of esters is 1. The van der Waals surface area contributed by atoms with Gasteiger partial charge in [-0.05, 0) is 19.9 Å². The molecule has 0 aromatic rings. The van der Waals surface area contributed by atoms with Crippen LogP contribution in [-0.2, 0) is 9.53 Å². The molecule has 68 valence electrons. The Morgan fingerprint density at radius 3 is 2.75 bits per heavy atom. The van der Waals surface area contributed by atoms with Crippen LogP contribution in [0.15, 0.2) is 24.3 Å². The van der Waals surface area contributed by atoms with Gasteiger partial charge in [-0.15, -0.1) is 11.6 Å². The van der Waals surface area contributed by atoms with E-state index in [-0.39, 0.29) is 12.6 Å². The van der Waals surface area contributed by atoms with Crippen LogP contribution in [0.2, 0.25) is 0 Å². The van der Waals surface area contributed by atoms with Crippen LogP contribution in [0.3, 0.4) is 0 Å². The minimum absolute atomic E-state index is 0.278. The molecule has 3 heteroatoms. The molecule has 0 aliphatic heterocycles. The van der Waals surface area contributed by atoms with Gasteiger partial charge >= 0.3 is 5.97 Å². The van der Waals surface area contributed by atoms with Crippen molar-refractivity contribution in [3.8, 4) is 0 Å². The molecule has 0 saturated carbocycles. The Morgan fingerprint density at radius 1 is 1.58 bits per heavy atom. The maximum atomic E-state index is 10.8. The van der Waals surface area contributed by atoms with Crippen molar-refractivity contribution in [2.24, 2.45) is 0 Å². The summed E-state index contributed by atoms with van der Waals surface area (Å²) >= 11 is 5.46. The summed E-state index contributed by atoms with van der Waals surface area (Å²) in [5.74, 6) is -0.387. The molecule has 0 aromatic carbocycles. The summed E-state index contributed by atoms with van der Waals surface area (Å²) in [5.41, 5.74) is 0. The summed E-state index contributed by atoms with van der Waals surface area (Å²) in [6.07, 6.45) is 7.31.